The van der Waals surface area contributed by atoms with Gasteiger partial charge in [-0.25, -0.2) is 0 Å². The van der Waals surface area contributed by atoms with E-state index < -0.39 is 0 Å². The average Bonchev–Trinajstić information content (AvgIpc) is 1.88. The highest BCUT2D eigenvalue weighted by Crippen LogP contribution is 2.32. The van der Waals surface area contributed by atoms with Gasteiger partial charge in [0.2, 0.25) is 0 Å². The van der Waals surface area contributed by atoms with Crippen LogP contribution in [0.3, 0.4) is 0 Å². The first-order valence-corrected chi connectivity index (χ1v) is 5.12. The van der Waals surface area contributed by atoms with Gasteiger partial charge in [0.25, 0.3) is 0 Å². The molecule has 0 bridgehead atoms. The molecule has 0 saturated heterocycles. The molecule has 60 valence electrons. The molecule has 0 aromatic heterocycles. The Morgan fingerprint density at radius 1 is 1.10 bits per heavy atom. The summed E-state index contributed by atoms with van der Waals surface area (Å²) in [6.45, 7) is 4.71. The zero-order valence-corrected chi connectivity index (χ0v) is 8.29. The van der Waals surface area contributed by atoms with Crippen LogP contribution in [0.25, 0.3) is 0 Å². The summed E-state index contributed by atoms with van der Waals surface area (Å²) in [5.41, 5.74) is 0.926. The predicted molar refractivity (Wildman–Crippen MR) is 50.3 cm³/mol. The van der Waals surface area contributed by atoms with Crippen molar-refractivity contribution in [3.05, 3.63) is 0 Å². The normalized spacial score (nSPS) is 34.8. The van der Waals surface area contributed by atoms with E-state index in [0.29, 0.717) is 0 Å². The molecule has 1 fully saturated rings. The fourth-order valence-corrected chi connectivity index (χ4v) is 2.20. The molecule has 1 heteroatoms. The van der Waals surface area contributed by atoms with Gasteiger partial charge in [-0.05, 0) is 43.2 Å². The molecule has 1 aliphatic rings. The minimum Gasteiger partial charge on any atom is -0.134 e. The quantitative estimate of drug-likeness (QED) is 0.514. The van der Waals surface area contributed by atoms with Gasteiger partial charge >= 0.3 is 0 Å². The number of hydrogen-bond acceptors (Lipinski definition) is 0. The molecule has 0 spiro atoms. The Morgan fingerprint density at radius 3 is 2.00 bits per heavy atom. The molecule has 1 atom stereocenters. The molecule has 0 N–H and O–H groups in total. The fourth-order valence-electron chi connectivity index (χ4n) is 1.81. The average molecular weight is 158 g/mol. The topological polar surface area (TPSA) is 0 Å². The molecule has 0 aliphatic heterocycles. The molecule has 1 unspecified atom stereocenters. The van der Waals surface area contributed by atoms with Gasteiger partial charge < -0.3 is 0 Å². The van der Waals surface area contributed by atoms with E-state index in [2.05, 4.69) is 23.1 Å². The van der Waals surface area contributed by atoms with Crippen LogP contribution < -0.4 is 0 Å². The Morgan fingerprint density at radius 2 is 1.60 bits per heavy atom. The van der Waals surface area contributed by atoms with Gasteiger partial charge in [0.15, 0.2) is 0 Å². The lowest BCUT2D eigenvalue weighted by Gasteiger charge is -2.28. The van der Waals surface area contributed by atoms with Crippen molar-refractivity contribution in [2.45, 2.75) is 45.2 Å². The minimum atomic E-state index is 0.914. The minimum absolute atomic E-state index is 0.914. The van der Waals surface area contributed by atoms with Crippen molar-refractivity contribution in [2.75, 3.05) is 0 Å². The van der Waals surface area contributed by atoms with Crippen LogP contribution in [0.5, 0.6) is 0 Å². The van der Waals surface area contributed by atoms with Gasteiger partial charge in [0.1, 0.15) is 0 Å². The first-order chi connectivity index (χ1) is 4.70. The summed E-state index contributed by atoms with van der Waals surface area (Å²) < 4.78 is 0. The molecule has 0 amide bonds. The summed E-state index contributed by atoms with van der Waals surface area (Å²) in [5.74, 6) is 1.94. The maximum absolute atomic E-state index is 2.95. The van der Waals surface area contributed by atoms with Crippen LogP contribution in [0.4, 0.5) is 0 Å². The largest absolute Gasteiger partial charge is 0.134 e. The maximum atomic E-state index is 2.95. The highest BCUT2D eigenvalue weighted by molar-refractivity contribution is 7.17. The van der Waals surface area contributed by atoms with Gasteiger partial charge in [0.05, 0.1) is 0 Å². The third-order valence-corrected chi connectivity index (χ3v) is 3.43. The van der Waals surface area contributed by atoms with E-state index >= 15 is 0 Å². The zero-order valence-electron chi connectivity index (χ0n) is 7.14. The summed E-state index contributed by atoms with van der Waals surface area (Å²) >= 11 is 0. The van der Waals surface area contributed by atoms with Gasteiger partial charge in [-0.15, -0.1) is 9.24 Å². The summed E-state index contributed by atoms with van der Waals surface area (Å²) in [4.78, 5) is 0. The first-order valence-electron chi connectivity index (χ1n) is 4.45. The van der Waals surface area contributed by atoms with Crippen molar-refractivity contribution in [3.8, 4) is 0 Å². The Labute approximate surface area is 67.0 Å². The second kappa shape index (κ2) is 3.72. The summed E-state index contributed by atoms with van der Waals surface area (Å²) in [6, 6.07) is 0. The third kappa shape index (κ3) is 2.23. The lowest BCUT2D eigenvalue weighted by atomic mass is 9.81. The molecule has 10 heavy (non-hydrogen) atoms. The van der Waals surface area contributed by atoms with Crippen molar-refractivity contribution in [1.82, 2.24) is 0 Å². The van der Waals surface area contributed by atoms with E-state index in [-0.39, 0.29) is 0 Å². The lowest BCUT2D eigenvalue weighted by Crippen LogP contribution is -2.17. The molecule has 1 saturated carbocycles. The second-order valence-electron chi connectivity index (χ2n) is 3.92. The molecule has 0 heterocycles. The maximum Gasteiger partial charge on any atom is -0.0264 e. The second-order valence-corrected chi connectivity index (χ2v) is 4.86. The summed E-state index contributed by atoms with van der Waals surface area (Å²) in [5, 5.41) is 0. The number of rotatable bonds is 1. The SMILES string of the molecule is CC(C)C1CCC(P)CC1. The molecule has 1 aliphatic carbocycles. The van der Waals surface area contributed by atoms with Crippen LogP contribution in [-0.4, -0.2) is 5.66 Å². The van der Waals surface area contributed by atoms with Crippen molar-refractivity contribution in [3.63, 3.8) is 0 Å². The summed E-state index contributed by atoms with van der Waals surface area (Å²) in [7, 11) is 2.95. The van der Waals surface area contributed by atoms with Crippen molar-refractivity contribution in [1.29, 1.82) is 0 Å². The van der Waals surface area contributed by atoms with E-state index in [1.54, 1.807) is 0 Å². The zero-order chi connectivity index (χ0) is 7.56. The Balaban J connectivity index is 2.26. The summed E-state index contributed by atoms with van der Waals surface area (Å²) in [6.07, 6.45) is 5.80. The van der Waals surface area contributed by atoms with Crippen molar-refractivity contribution in [2.24, 2.45) is 11.8 Å². The molecule has 0 aromatic carbocycles. The van der Waals surface area contributed by atoms with E-state index in [1.165, 1.54) is 25.7 Å². The van der Waals surface area contributed by atoms with Crippen LogP contribution in [0.2, 0.25) is 0 Å². The Hall–Kier alpha value is 0.430. The predicted octanol–water partition coefficient (Wildman–Crippen LogP) is 3.08. The molecule has 0 radical (unpaired) electrons. The Kier molecular flexibility index (Phi) is 3.17. The highest BCUT2D eigenvalue weighted by Gasteiger charge is 2.20. The molecule has 1 rings (SSSR count). The first kappa shape index (κ1) is 8.53. The highest BCUT2D eigenvalue weighted by atomic mass is 31.0. The fraction of sp³-hybridized carbons (Fsp3) is 1.00. The van der Waals surface area contributed by atoms with Crippen LogP contribution in [0.15, 0.2) is 0 Å². The van der Waals surface area contributed by atoms with Crippen molar-refractivity contribution < 1.29 is 0 Å². The van der Waals surface area contributed by atoms with Crippen LogP contribution in [0, 0.1) is 11.8 Å². The third-order valence-electron chi connectivity index (χ3n) is 2.76. The van der Waals surface area contributed by atoms with Crippen LogP contribution in [0.1, 0.15) is 39.5 Å². The van der Waals surface area contributed by atoms with Gasteiger partial charge in [-0.1, -0.05) is 13.8 Å². The lowest BCUT2D eigenvalue weighted by molar-refractivity contribution is 0.283. The molecule has 0 aromatic rings. The van der Waals surface area contributed by atoms with E-state index in [1.807, 2.05) is 0 Å². The van der Waals surface area contributed by atoms with Gasteiger partial charge in [0, 0.05) is 0 Å². The Bertz CT molecular complexity index is 90.9. The standard InChI is InChI=1S/C9H19P/c1-7(2)8-3-5-9(10)6-4-8/h7-9H,3-6,10H2,1-2H3. The molecular formula is C9H19P. The monoisotopic (exact) mass is 158 g/mol. The number of hydrogen-bond donors (Lipinski definition) is 0. The van der Waals surface area contributed by atoms with E-state index in [9.17, 15) is 0 Å². The molecular weight excluding hydrogens is 139 g/mol. The van der Waals surface area contributed by atoms with E-state index in [4.69, 9.17) is 0 Å². The smallest absolute Gasteiger partial charge is 0.0264 e. The van der Waals surface area contributed by atoms with Crippen molar-refractivity contribution >= 4 is 9.24 Å². The van der Waals surface area contributed by atoms with Crippen LogP contribution in [-0.2, 0) is 0 Å². The van der Waals surface area contributed by atoms with E-state index in [0.717, 1.165) is 17.5 Å². The molecule has 0 nitrogen and oxygen atoms in total. The van der Waals surface area contributed by atoms with Gasteiger partial charge in [-0.3, -0.25) is 0 Å². The van der Waals surface area contributed by atoms with Gasteiger partial charge in [-0.2, -0.15) is 0 Å². The van der Waals surface area contributed by atoms with Crippen LogP contribution >= 0.6 is 9.24 Å².